The van der Waals surface area contributed by atoms with Gasteiger partial charge < -0.3 is 14.5 Å². The Morgan fingerprint density at radius 3 is 2.56 bits per heavy atom. The van der Waals surface area contributed by atoms with Crippen molar-refractivity contribution in [2.45, 2.75) is 52.0 Å². The molecule has 2 saturated heterocycles. The zero-order valence-electron chi connectivity index (χ0n) is 19.2. The number of methoxy groups -OCH3 is 1. The highest BCUT2D eigenvalue weighted by Crippen LogP contribution is 2.33. The van der Waals surface area contributed by atoms with Crippen LogP contribution in [0.15, 0.2) is 30.5 Å². The van der Waals surface area contributed by atoms with Gasteiger partial charge in [0.2, 0.25) is 0 Å². The lowest BCUT2D eigenvalue weighted by atomic mass is 9.97. The summed E-state index contributed by atoms with van der Waals surface area (Å²) in [6, 6.07) is 7.69. The van der Waals surface area contributed by atoms with Crippen LogP contribution < -0.4 is 9.64 Å². The second-order valence-corrected chi connectivity index (χ2v) is 9.00. The van der Waals surface area contributed by atoms with E-state index in [9.17, 15) is 4.79 Å². The fraction of sp³-hybridized carbons (Fsp3) is 0.480. The van der Waals surface area contributed by atoms with Crippen LogP contribution in [-0.2, 0) is 0 Å². The van der Waals surface area contributed by atoms with Gasteiger partial charge in [-0.2, -0.15) is 5.10 Å². The summed E-state index contributed by atoms with van der Waals surface area (Å²) < 4.78 is 7.18. The highest BCUT2D eigenvalue weighted by molar-refractivity contribution is 5.96. The van der Waals surface area contributed by atoms with Crippen molar-refractivity contribution in [3.05, 3.63) is 52.8 Å². The van der Waals surface area contributed by atoms with Crippen LogP contribution in [0.3, 0.4) is 0 Å². The monoisotopic (exact) mass is 433 g/mol. The van der Waals surface area contributed by atoms with Crippen LogP contribution in [0, 0.1) is 13.8 Å². The van der Waals surface area contributed by atoms with Gasteiger partial charge in [0.15, 0.2) is 5.65 Å². The molecule has 2 fully saturated rings. The smallest absolute Gasteiger partial charge is 0.254 e. The lowest BCUT2D eigenvalue weighted by Crippen LogP contribution is -2.39. The highest BCUT2D eigenvalue weighted by Gasteiger charge is 2.31. The molecule has 1 aromatic carbocycles. The molecule has 1 atom stereocenters. The molecule has 2 aliphatic rings. The first-order valence-electron chi connectivity index (χ1n) is 11.6. The second kappa shape index (κ2) is 8.45. The minimum absolute atomic E-state index is 0.0324. The van der Waals surface area contributed by atoms with Gasteiger partial charge in [-0.25, -0.2) is 9.50 Å². The maximum absolute atomic E-state index is 13.5. The fourth-order valence-corrected chi connectivity index (χ4v) is 5.07. The maximum Gasteiger partial charge on any atom is 0.254 e. The standard InChI is InChI=1S/C25H31N5O2/c1-17-14-19(32-3)9-10-20(17)25(31)29-13-5-4-8-22(29)21-15-23-26-24(28-11-6-7-12-28)18(2)16-30(23)27-21/h9-10,14-16,22H,4-8,11-13H2,1-3H3/t22-/m0/s1. The first-order chi connectivity index (χ1) is 15.5. The average molecular weight is 434 g/mol. The first kappa shape index (κ1) is 20.8. The summed E-state index contributed by atoms with van der Waals surface area (Å²) >= 11 is 0. The molecule has 32 heavy (non-hydrogen) atoms. The summed E-state index contributed by atoms with van der Waals surface area (Å²) in [5.41, 5.74) is 4.58. The number of amides is 1. The van der Waals surface area contributed by atoms with E-state index in [1.54, 1.807) is 7.11 Å². The Hall–Kier alpha value is -3.09. The van der Waals surface area contributed by atoms with Gasteiger partial charge in [-0.05, 0) is 69.7 Å². The Kier molecular flexibility index (Phi) is 5.49. The van der Waals surface area contributed by atoms with E-state index < -0.39 is 0 Å². The van der Waals surface area contributed by atoms with E-state index in [0.717, 1.165) is 78.5 Å². The third-order valence-corrected chi connectivity index (χ3v) is 6.80. The molecule has 0 aliphatic carbocycles. The molecular weight excluding hydrogens is 402 g/mol. The third-order valence-electron chi connectivity index (χ3n) is 6.80. The number of fused-ring (bicyclic) bond motifs is 1. The molecule has 0 unspecified atom stereocenters. The number of nitrogens with zero attached hydrogens (tertiary/aromatic N) is 5. The Morgan fingerprint density at radius 2 is 1.81 bits per heavy atom. The molecule has 0 saturated carbocycles. The Balaban J connectivity index is 1.47. The molecule has 168 valence electrons. The Bertz CT molecular complexity index is 1150. The van der Waals surface area contributed by atoms with Crippen LogP contribution in [0.5, 0.6) is 5.75 Å². The van der Waals surface area contributed by atoms with Crippen LogP contribution in [0.4, 0.5) is 5.82 Å². The van der Waals surface area contributed by atoms with Crippen LogP contribution in [0.1, 0.15) is 65.3 Å². The number of aryl methyl sites for hydroxylation is 2. The van der Waals surface area contributed by atoms with Gasteiger partial charge in [-0.15, -0.1) is 0 Å². The molecule has 2 aliphatic heterocycles. The normalized spacial score (nSPS) is 19.0. The van der Waals surface area contributed by atoms with Crippen LogP contribution >= 0.6 is 0 Å². The number of benzene rings is 1. The van der Waals surface area contributed by atoms with Crippen molar-refractivity contribution in [1.82, 2.24) is 19.5 Å². The molecule has 1 amide bonds. The van der Waals surface area contributed by atoms with Gasteiger partial charge in [0.1, 0.15) is 11.6 Å². The SMILES string of the molecule is COc1ccc(C(=O)N2CCCC[C@H]2c2cc3nc(N4CCCC4)c(C)cn3n2)c(C)c1. The molecule has 2 aromatic heterocycles. The summed E-state index contributed by atoms with van der Waals surface area (Å²) in [5, 5.41) is 4.86. The van der Waals surface area contributed by atoms with Gasteiger partial charge >= 0.3 is 0 Å². The zero-order valence-corrected chi connectivity index (χ0v) is 19.2. The molecule has 0 bridgehead atoms. The number of rotatable bonds is 4. The van der Waals surface area contributed by atoms with Crippen molar-refractivity contribution < 1.29 is 9.53 Å². The van der Waals surface area contributed by atoms with E-state index in [1.807, 2.05) is 34.5 Å². The van der Waals surface area contributed by atoms with Crippen molar-refractivity contribution >= 4 is 17.4 Å². The molecule has 0 N–H and O–H groups in total. The van der Waals surface area contributed by atoms with E-state index in [-0.39, 0.29) is 11.9 Å². The van der Waals surface area contributed by atoms with Gasteiger partial charge in [0, 0.05) is 43.0 Å². The van der Waals surface area contributed by atoms with E-state index in [0.29, 0.717) is 0 Å². The highest BCUT2D eigenvalue weighted by atomic mass is 16.5. The second-order valence-electron chi connectivity index (χ2n) is 9.00. The van der Waals surface area contributed by atoms with Crippen molar-refractivity contribution in [1.29, 1.82) is 0 Å². The van der Waals surface area contributed by atoms with Gasteiger partial charge in [0.25, 0.3) is 5.91 Å². The van der Waals surface area contributed by atoms with Crippen molar-refractivity contribution in [2.24, 2.45) is 0 Å². The number of ether oxygens (including phenoxy) is 1. The molecular formula is C25H31N5O2. The van der Waals surface area contributed by atoms with E-state index in [4.69, 9.17) is 14.8 Å². The van der Waals surface area contributed by atoms with E-state index in [1.165, 1.54) is 12.8 Å². The number of hydrogen-bond donors (Lipinski definition) is 0. The minimum Gasteiger partial charge on any atom is -0.497 e. The van der Waals surface area contributed by atoms with Gasteiger partial charge in [-0.3, -0.25) is 4.79 Å². The molecule has 7 nitrogen and oxygen atoms in total. The molecule has 3 aromatic rings. The predicted molar refractivity (Wildman–Crippen MR) is 125 cm³/mol. The van der Waals surface area contributed by atoms with Crippen molar-refractivity contribution in [3.63, 3.8) is 0 Å². The van der Waals surface area contributed by atoms with Gasteiger partial charge in [-0.1, -0.05) is 0 Å². The molecule has 0 radical (unpaired) electrons. The number of hydrogen-bond acceptors (Lipinski definition) is 5. The lowest BCUT2D eigenvalue weighted by molar-refractivity contribution is 0.0605. The minimum atomic E-state index is -0.0324. The topological polar surface area (TPSA) is 63.0 Å². The zero-order chi connectivity index (χ0) is 22.2. The number of aromatic nitrogens is 3. The van der Waals surface area contributed by atoms with E-state index >= 15 is 0 Å². The third kappa shape index (κ3) is 3.70. The Morgan fingerprint density at radius 1 is 1.03 bits per heavy atom. The van der Waals surface area contributed by atoms with Crippen LogP contribution in [0.2, 0.25) is 0 Å². The first-order valence-corrected chi connectivity index (χ1v) is 11.6. The summed E-state index contributed by atoms with van der Waals surface area (Å²) in [5.74, 6) is 1.89. The maximum atomic E-state index is 13.5. The number of likely N-dealkylation sites (tertiary alicyclic amines) is 1. The predicted octanol–water partition coefficient (Wildman–Crippen LogP) is 4.32. The molecule has 0 spiro atoms. The molecule has 4 heterocycles. The summed E-state index contributed by atoms with van der Waals surface area (Å²) in [7, 11) is 1.64. The number of carbonyl (C=O) groups is 1. The molecule has 5 rings (SSSR count). The Labute approximate surface area is 189 Å². The summed E-state index contributed by atoms with van der Waals surface area (Å²) in [6.45, 7) is 6.94. The largest absolute Gasteiger partial charge is 0.497 e. The summed E-state index contributed by atoms with van der Waals surface area (Å²) in [6.07, 6.45) is 7.54. The van der Waals surface area contributed by atoms with Crippen LogP contribution in [-0.4, -0.2) is 52.1 Å². The van der Waals surface area contributed by atoms with Crippen LogP contribution in [0.25, 0.3) is 5.65 Å². The fourth-order valence-electron chi connectivity index (χ4n) is 5.07. The number of carbonyl (C=O) groups excluding carboxylic acids is 1. The van der Waals surface area contributed by atoms with Crippen molar-refractivity contribution in [2.75, 3.05) is 31.6 Å². The average Bonchev–Trinajstić information content (AvgIpc) is 3.47. The van der Waals surface area contributed by atoms with Gasteiger partial charge in [0.05, 0.1) is 18.8 Å². The van der Waals surface area contributed by atoms with Crippen molar-refractivity contribution in [3.8, 4) is 5.75 Å². The summed E-state index contributed by atoms with van der Waals surface area (Å²) in [4.78, 5) is 22.8. The quantitative estimate of drug-likeness (QED) is 0.613. The number of piperidine rings is 1. The lowest BCUT2D eigenvalue weighted by Gasteiger charge is -2.35. The molecule has 7 heteroatoms. The van der Waals surface area contributed by atoms with E-state index in [2.05, 4.69) is 24.1 Å². The number of anilines is 1.